The van der Waals surface area contributed by atoms with E-state index in [1.165, 1.54) is 6.07 Å². The molecule has 2 heterocycles. The highest BCUT2D eigenvalue weighted by molar-refractivity contribution is 6.31. The second-order valence-electron chi connectivity index (χ2n) is 7.13. The van der Waals surface area contributed by atoms with Crippen molar-refractivity contribution in [3.05, 3.63) is 34.6 Å². The molecule has 3 atom stereocenters. The van der Waals surface area contributed by atoms with E-state index in [1.54, 1.807) is 12.1 Å². The summed E-state index contributed by atoms with van der Waals surface area (Å²) in [5, 5.41) is 6.70. The maximum atomic E-state index is 14.5. The molecule has 0 spiro atoms. The highest BCUT2D eigenvalue weighted by atomic mass is 35.5. The number of nitrogens with one attached hydrogen (secondary N) is 2. The zero-order valence-corrected chi connectivity index (χ0v) is 15.9. The maximum Gasteiger partial charge on any atom is 0.221 e. The molecule has 144 valence electrons. The van der Waals surface area contributed by atoms with Crippen molar-refractivity contribution in [2.24, 2.45) is 0 Å². The summed E-state index contributed by atoms with van der Waals surface area (Å²) in [6, 6.07) is 4.65. The van der Waals surface area contributed by atoms with Crippen molar-refractivity contribution in [3.63, 3.8) is 0 Å². The van der Waals surface area contributed by atoms with Crippen molar-refractivity contribution in [2.45, 2.75) is 44.4 Å². The monoisotopic (exact) mass is 383 g/mol. The molecule has 2 N–H and O–H groups in total. The van der Waals surface area contributed by atoms with Gasteiger partial charge in [-0.25, -0.2) is 4.39 Å². The van der Waals surface area contributed by atoms with Crippen molar-refractivity contribution in [2.75, 3.05) is 32.8 Å². The van der Waals surface area contributed by atoms with E-state index in [9.17, 15) is 9.18 Å². The van der Waals surface area contributed by atoms with E-state index in [-0.39, 0.29) is 29.9 Å². The standard InChI is InChI=1S/C19H27ClFN3O2/c1-13-12-24(8-9-26-13)17(19-15(20)5-2-6-16(19)21)11-23-18(25)10-14-4-3-7-22-14/h2,5-6,13-14,17,22H,3-4,7-12H2,1H3,(H,23,25). The van der Waals surface area contributed by atoms with Crippen LogP contribution >= 0.6 is 11.6 Å². The number of benzene rings is 1. The molecule has 1 aromatic carbocycles. The van der Waals surface area contributed by atoms with Crippen molar-refractivity contribution in [1.82, 2.24) is 15.5 Å². The highest BCUT2D eigenvalue weighted by Gasteiger charge is 2.29. The first-order valence-corrected chi connectivity index (χ1v) is 9.72. The SMILES string of the molecule is CC1CN(C(CNC(=O)CC2CCCN2)c2c(F)cccc2Cl)CCO1. The third-order valence-corrected chi connectivity index (χ3v) is 5.46. The molecule has 2 saturated heterocycles. The van der Waals surface area contributed by atoms with Gasteiger partial charge in [0.2, 0.25) is 5.91 Å². The second kappa shape index (κ2) is 9.13. The fourth-order valence-corrected chi connectivity index (χ4v) is 4.10. The van der Waals surface area contributed by atoms with Crippen LogP contribution in [0.5, 0.6) is 0 Å². The van der Waals surface area contributed by atoms with Gasteiger partial charge in [-0.2, -0.15) is 0 Å². The summed E-state index contributed by atoms with van der Waals surface area (Å²) in [4.78, 5) is 14.5. The Morgan fingerprint density at radius 3 is 3.08 bits per heavy atom. The molecule has 3 unspecified atom stereocenters. The maximum absolute atomic E-state index is 14.5. The molecular formula is C19H27ClFN3O2. The summed E-state index contributed by atoms with van der Waals surface area (Å²) in [5.74, 6) is -0.350. The van der Waals surface area contributed by atoms with Gasteiger partial charge in [0.15, 0.2) is 0 Å². The first-order valence-electron chi connectivity index (χ1n) is 9.34. The average molecular weight is 384 g/mol. The number of rotatable bonds is 6. The Morgan fingerprint density at radius 2 is 2.38 bits per heavy atom. The molecule has 0 aliphatic carbocycles. The summed E-state index contributed by atoms with van der Waals surface area (Å²) in [7, 11) is 0. The van der Waals surface area contributed by atoms with E-state index in [2.05, 4.69) is 15.5 Å². The van der Waals surface area contributed by atoms with Gasteiger partial charge in [0.25, 0.3) is 0 Å². The van der Waals surface area contributed by atoms with E-state index < -0.39 is 0 Å². The fourth-order valence-electron chi connectivity index (χ4n) is 3.81. The summed E-state index contributed by atoms with van der Waals surface area (Å²) >= 11 is 6.31. The zero-order chi connectivity index (χ0) is 18.5. The number of morpholine rings is 1. The quantitative estimate of drug-likeness (QED) is 0.792. The van der Waals surface area contributed by atoms with E-state index in [0.717, 1.165) is 19.4 Å². The Morgan fingerprint density at radius 1 is 1.54 bits per heavy atom. The number of hydrogen-bond donors (Lipinski definition) is 2. The van der Waals surface area contributed by atoms with Gasteiger partial charge in [-0.15, -0.1) is 0 Å². The molecule has 1 aromatic rings. The Labute approximate surface area is 159 Å². The van der Waals surface area contributed by atoms with Crippen molar-refractivity contribution in [1.29, 1.82) is 0 Å². The number of hydrogen-bond acceptors (Lipinski definition) is 4. The Kier molecular flexibility index (Phi) is 6.86. The van der Waals surface area contributed by atoms with Gasteiger partial charge in [-0.1, -0.05) is 17.7 Å². The normalized spacial score (nSPS) is 25.2. The molecule has 0 bridgehead atoms. The Hall–Kier alpha value is -1.21. The summed E-state index contributed by atoms with van der Waals surface area (Å²) in [5.41, 5.74) is 0.447. The smallest absolute Gasteiger partial charge is 0.221 e. The number of carbonyl (C=O) groups excluding carboxylic acids is 1. The van der Waals surface area contributed by atoms with Crippen LogP contribution in [0, 0.1) is 5.82 Å². The van der Waals surface area contributed by atoms with Crippen molar-refractivity contribution < 1.29 is 13.9 Å². The first-order chi connectivity index (χ1) is 12.5. The molecular weight excluding hydrogens is 357 g/mol. The van der Waals surface area contributed by atoms with E-state index in [4.69, 9.17) is 16.3 Å². The molecule has 5 nitrogen and oxygen atoms in total. The van der Waals surface area contributed by atoms with E-state index in [1.807, 2.05) is 6.92 Å². The van der Waals surface area contributed by atoms with Gasteiger partial charge in [0.05, 0.1) is 18.8 Å². The van der Waals surface area contributed by atoms with Gasteiger partial charge in [0.1, 0.15) is 5.82 Å². The summed E-state index contributed by atoms with van der Waals surface area (Å²) < 4.78 is 20.1. The lowest BCUT2D eigenvalue weighted by Crippen LogP contribution is -2.47. The molecule has 26 heavy (non-hydrogen) atoms. The summed E-state index contributed by atoms with van der Waals surface area (Å²) in [6.45, 7) is 5.24. The topological polar surface area (TPSA) is 53.6 Å². The van der Waals surface area contributed by atoms with Crippen LogP contribution in [0.4, 0.5) is 4.39 Å². The van der Waals surface area contributed by atoms with Crippen LogP contribution in [0.2, 0.25) is 5.02 Å². The lowest BCUT2D eigenvalue weighted by Gasteiger charge is -2.38. The largest absolute Gasteiger partial charge is 0.376 e. The van der Waals surface area contributed by atoms with Crippen molar-refractivity contribution >= 4 is 17.5 Å². The Bertz CT molecular complexity index is 605. The minimum Gasteiger partial charge on any atom is -0.376 e. The highest BCUT2D eigenvalue weighted by Crippen LogP contribution is 2.31. The van der Waals surface area contributed by atoms with Crippen LogP contribution < -0.4 is 10.6 Å². The molecule has 0 aromatic heterocycles. The molecule has 3 rings (SSSR count). The molecule has 0 saturated carbocycles. The van der Waals surface area contributed by atoms with Crippen molar-refractivity contribution in [3.8, 4) is 0 Å². The number of nitrogens with zero attached hydrogens (tertiary/aromatic N) is 1. The minimum absolute atomic E-state index is 0.0110. The predicted molar refractivity (Wildman–Crippen MR) is 99.8 cm³/mol. The van der Waals surface area contributed by atoms with E-state index >= 15 is 0 Å². The minimum atomic E-state index is -0.339. The molecule has 2 aliphatic rings. The van der Waals surface area contributed by atoms with Crippen LogP contribution in [-0.4, -0.2) is 55.7 Å². The van der Waals surface area contributed by atoms with Gasteiger partial charge in [-0.05, 0) is 38.4 Å². The summed E-state index contributed by atoms with van der Waals surface area (Å²) in [6.07, 6.45) is 2.65. The van der Waals surface area contributed by atoms with Crippen LogP contribution in [-0.2, 0) is 9.53 Å². The third kappa shape index (κ3) is 4.94. The number of halogens is 2. The number of ether oxygens (including phenoxy) is 1. The Balaban J connectivity index is 1.71. The lowest BCUT2D eigenvalue weighted by atomic mass is 10.0. The molecule has 7 heteroatoms. The van der Waals surface area contributed by atoms with Gasteiger partial charge in [0, 0.05) is 42.7 Å². The molecule has 1 amide bonds. The molecule has 0 radical (unpaired) electrons. The van der Waals surface area contributed by atoms with E-state index in [0.29, 0.717) is 43.2 Å². The van der Waals surface area contributed by atoms with Crippen LogP contribution in [0.15, 0.2) is 18.2 Å². The van der Waals surface area contributed by atoms with Gasteiger partial charge < -0.3 is 15.4 Å². The molecule has 2 fully saturated rings. The lowest BCUT2D eigenvalue weighted by molar-refractivity contribution is -0.122. The number of amides is 1. The predicted octanol–water partition coefficient (Wildman–Crippen LogP) is 2.50. The van der Waals surface area contributed by atoms with Gasteiger partial charge >= 0.3 is 0 Å². The van der Waals surface area contributed by atoms with Crippen LogP contribution in [0.25, 0.3) is 0 Å². The van der Waals surface area contributed by atoms with Crippen LogP contribution in [0.1, 0.15) is 37.8 Å². The first kappa shape index (κ1) is 19.5. The second-order valence-corrected chi connectivity index (χ2v) is 7.54. The number of carbonyl (C=O) groups is 1. The third-order valence-electron chi connectivity index (χ3n) is 5.13. The average Bonchev–Trinajstić information content (AvgIpc) is 3.10. The molecule has 2 aliphatic heterocycles. The fraction of sp³-hybridized carbons (Fsp3) is 0.632. The van der Waals surface area contributed by atoms with Gasteiger partial charge in [-0.3, -0.25) is 9.69 Å². The van der Waals surface area contributed by atoms with Crippen LogP contribution in [0.3, 0.4) is 0 Å². The zero-order valence-electron chi connectivity index (χ0n) is 15.1.